The number of hydrogen-bond acceptors (Lipinski definition) is 10. The van der Waals surface area contributed by atoms with Crippen LogP contribution >= 0.6 is 0 Å². The SMILES string of the molecule is O=C1C=C(Nc2ccc(S(=O)(=O)Nc3ccc(S(=O)(=O)c4ccc(NC5=CC(=O)c6ccccc6C5=O)cc4)cc3)cc2)C(=O)c2ccccc21. The van der Waals surface area contributed by atoms with Crippen molar-refractivity contribution in [3.8, 4) is 0 Å². The van der Waals surface area contributed by atoms with Crippen molar-refractivity contribution in [1.29, 1.82) is 0 Å². The maximum atomic E-state index is 13.3. The van der Waals surface area contributed by atoms with Gasteiger partial charge in [0.05, 0.1) is 26.1 Å². The van der Waals surface area contributed by atoms with E-state index in [4.69, 9.17) is 0 Å². The highest BCUT2D eigenvalue weighted by atomic mass is 32.2. The molecule has 2 aliphatic rings. The van der Waals surface area contributed by atoms with Gasteiger partial charge in [0.25, 0.3) is 10.0 Å². The van der Waals surface area contributed by atoms with Gasteiger partial charge in [0.1, 0.15) is 0 Å². The molecule has 51 heavy (non-hydrogen) atoms. The van der Waals surface area contributed by atoms with Crippen molar-refractivity contribution in [3.05, 3.63) is 167 Å². The first-order valence-electron chi connectivity index (χ1n) is 15.3. The highest BCUT2D eigenvalue weighted by Crippen LogP contribution is 2.28. The van der Waals surface area contributed by atoms with Gasteiger partial charge < -0.3 is 10.6 Å². The Morgan fingerprint density at radius 2 is 0.745 bits per heavy atom. The molecule has 0 atom stereocenters. The van der Waals surface area contributed by atoms with E-state index < -0.39 is 19.9 Å². The molecule has 13 heteroatoms. The average Bonchev–Trinajstić information content (AvgIpc) is 3.13. The molecular weight excluding hydrogens is 691 g/mol. The van der Waals surface area contributed by atoms with Gasteiger partial charge in [-0.25, -0.2) is 16.8 Å². The predicted octanol–water partition coefficient (Wildman–Crippen LogP) is 6.07. The molecule has 11 nitrogen and oxygen atoms in total. The fourth-order valence-electron chi connectivity index (χ4n) is 5.61. The lowest BCUT2D eigenvalue weighted by Gasteiger charge is -2.16. The van der Waals surface area contributed by atoms with Crippen LogP contribution in [-0.2, 0) is 19.9 Å². The average molecular weight is 716 g/mol. The molecule has 0 aromatic heterocycles. The van der Waals surface area contributed by atoms with Crippen LogP contribution in [0.2, 0.25) is 0 Å². The number of ketones is 4. The Morgan fingerprint density at radius 1 is 0.392 bits per heavy atom. The Hall–Kier alpha value is -6.44. The summed E-state index contributed by atoms with van der Waals surface area (Å²) in [6.45, 7) is 0. The maximum absolute atomic E-state index is 13.3. The van der Waals surface area contributed by atoms with Gasteiger partial charge in [-0.05, 0) is 72.8 Å². The minimum absolute atomic E-state index is 0.0419. The second-order valence-corrected chi connectivity index (χ2v) is 15.2. The fraction of sp³-hybridized carbons (Fsp3) is 0. The van der Waals surface area contributed by atoms with Crippen LogP contribution in [0.5, 0.6) is 0 Å². The van der Waals surface area contributed by atoms with Gasteiger partial charge in [0.2, 0.25) is 21.4 Å². The van der Waals surface area contributed by atoms with Crippen LogP contribution in [0.15, 0.2) is 160 Å². The van der Waals surface area contributed by atoms with Crippen LogP contribution in [0.4, 0.5) is 17.1 Å². The van der Waals surface area contributed by atoms with E-state index >= 15 is 0 Å². The lowest BCUT2D eigenvalue weighted by Crippen LogP contribution is -2.21. The second-order valence-electron chi connectivity index (χ2n) is 11.5. The van der Waals surface area contributed by atoms with E-state index in [1.54, 1.807) is 48.5 Å². The molecule has 0 aliphatic heterocycles. The largest absolute Gasteiger partial charge is 0.352 e. The molecule has 5 aromatic carbocycles. The number of benzene rings is 5. The van der Waals surface area contributed by atoms with E-state index in [0.29, 0.717) is 22.5 Å². The minimum atomic E-state index is -4.08. The molecule has 0 bridgehead atoms. The molecule has 0 heterocycles. The number of anilines is 3. The number of carbonyl (C=O) groups excluding carboxylic acids is 4. The van der Waals surface area contributed by atoms with Gasteiger partial charge in [-0.2, -0.15) is 0 Å². The van der Waals surface area contributed by atoms with Crippen LogP contribution in [0.3, 0.4) is 0 Å². The Balaban J connectivity index is 1.00. The number of sulfone groups is 1. The van der Waals surface area contributed by atoms with Crippen LogP contribution in [0.25, 0.3) is 0 Å². The first kappa shape index (κ1) is 33.1. The number of fused-ring (bicyclic) bond motifs is 2. The summed E-state index contributed by atoms with van der Waals surface area (Å²) in [6, 6.07) is 29.3. The van der Waals surface area contributed by atoms with Gasteiger partial charge >= 0.3 is 0 Å². The van der Waals surface area contributed by atoms with Crippen LogP contribution in [0, 0.1) is 0 Å². The minimum Gasteiger partial charge on any atom is -0.352 e. The molecule has 0 saturated heterocycles. The third-order valence-corrected chi connectivity index (χ3v) is 11.4. The summed E-state index contributed by atoms with van der Waals surface area (Å²) in [4.78, 5) is 50.4. The first-order valence-corrected chi connectivity index (χ1v) is 18.3. The molecule has 0 spiro atoms. The number of allylic oxidation sites excluding steroid dienone is 4. The zero-order valence-corrected chi connectivity index (χ0v) is 27.9. The number of hydrogen-bond donors (Lipinski definition) is 3. The summed E-state index contributed by atoms with van der Waals surface area (Å²) >= 11 is 0. The topological polar surface area (TPSA) is 173 Å². The zero-order valence-electron chi connectivity index (χ0n) is 26.3. The molecule has 5 aromatic rings. The van der Waals surface area contributed by atoms with E-state index in [9.17, 15) is 36.0 Å². The van der Waals surface area contributed by atoms with Crippen molar-refractivity contribution in [2.75, 3.05) is 15.4 Å². The normalized spacial score (nSPS) is 14.2. The molecule has 0 saturated carbocycles. The monoisotopic (exact) mass is 715 g/mol. The quantitative estimate of drug-likeness (QED) is 0.163. The van der Waals surface area contributed by atoms with Crippen LogP contribution in [-0.4, -0.2) is 40.0 Å². The molecule has 252 valence electrons. The Kier molecular flexibility index (Phi) is 8.29. The van der Waals surface area contributed by atoms with Crippen molar-refractivity contribution in [3.63, 3.8) is 0 Å². The van der Waals surface area contributed by atoms with E-state index in [-0.39, 0.29) is 66.0 Å². The number of Topliss-reactive ketones (excluding diaryl/α,β-unsaturated/α-hetero) is 2. The third-order valence-electron chi connectivity index (χ3n) is 8.22. The van der Waals surface area contributed by atoms with Crippen molar-refractivity contribution in [2.24, 2.45) is 0 Å². The Morgan fingerprint density at radius 3 is 1.16 bits per heavy atom. The maximum Gasteiger partial charge on any atom is 0.261 e. The van der Waals surface area contributed by atoms with Crippen molar-refractivity contribution in [2.45, 2.75) is 14.7 Å². The van der Waals surface area contributed by atoms with Crippen LogP contribution in [0.1, 0.15) is 41.4 Å². The van der Waals surface area contributed by atoms with Crippen molar-refractivity contribution >= 4 is 60.1 Å². The highest BCUT2D eigenvalue weighted by Gasteiger charge is 2.27. The summed E-state index contributed by atoms with van der Waals surface area (Å²) in [5.41, 5.74) is 2.22. The molecule has 0 radical (unpaired) electrons. The molecule has 3 N–H and O–H groups in total. The number of sulfonamides is 1. The Labute approximate surface area is 292 Å². The van der Waals surface area contributed by atoms with E-state index in [1.807, 2.05) is 0 Å². The lowest BCUT2D eigenvalue weighted by molar-refractivity contribution is 0.0985. The fourth-order valence-corrected chi connectivity index (χ4v) is 7.93. The number of carbonyl (C=O) groups is 4. The smallest absolute Gasteiger partial charge is 0.261 e. The van der Waals surface area contributed by atoms with Gasteiger partial charge in [-0.3, -0.25) is 23.9 Å². The zero-order chi connectivity index (χ0) is 35.9. The van der Waals surface area contributed by atoms with Gasteiger partial charge in [-0.15, -0.1) is 0 Å². The molecule has 7 rings (SSSR count). The molecule has 2 aliphatic carbocycles. The van der Waals surface area contributed by atoms with Crippen molar-refractivity contribution < 1.29 is 36.0 Å². The van der Waals surface area contributed by atoms with Gasteiger partial charge in [0, 0.05) is 51.5 Å². The van der Waals surface area contributed by atoms with Gasteiger partial charge in [0.15, 0.2) is 11.6 Å². The van der Waals surface area contributed by atoms with E-state index in [1.165, 1.54) is 84.9 Å². The molecule has 0 unspecified atom stereocenters. The summed E-state index contributed by atoms with van der Waals surface area (Å²) in [5.74, 6) is -1.36. The first-order chi connectivity index (χ1) is 24.4. The predicted molar refractivity (Wildman–Crippen MR) is 189 cm³/mol. The third kappa shape index (κ3) is 6.38. The second kappa shape index (κ2) is 12.8. The summed E-state index contributed by atoms with van der Waals surface area (Å²) in [7, 11) is -8.08. The molecule has 0 fully saturated rings. The van der Waals surface area contributed by atoms with Crippen LogP contribution < -0.4 is 15.4 Å². The molecular formula is C38H25N3O8S2. The van der Waals surface area contributed by atoms with Gasteiger partial charge in [-0.1, -0.05) is 48.5 Å². The van der Waals surface area contributed by atoms with E-state index in [0.717, 1.165) is 0 Å². The highest BCUT2D eigenvalue weighted by molar-refractivity contribution is 7.92. The summed E-state index contributed by atoms with van der Waals surface area (Å²) in [6.07, 6.45) is 2.41. The number of nitrogens with one attached hydrogen (secondary N) is 3. The Bertz CT molecular complexity index is 2580. The van der Waals surface area contributed by atoms with Crippen molar-refractivity contribution in [1.82, 2.24) is 0 Å². The standard InChI is InChI=1S/C38H25N3O8S2/c42-35-21-33(37(44)31-7-3-1-5-29(31)35)39-23-9-15-26(16-10-23)50(46,47)27-17-13-25(14-18-27)41-51(48,49)28-19-11-24(12-20-28)40-34-22-36(43)30-6-2-4-8-32(30)38(34)45/h1-22,39-41H. The number of rotatable bonds is 9. The van der Waals surface area contributed by atoms with E-state index in [2.05, 4.69) is 15.4 Å². The summed E-state index contributed by atoms with van der Waals surface area (Å²) < 4.78 is 55.3. The molecule has 0 amide bonds. The summed E-state index contributed by atoms with van der Waals surface area (Å²) in [5, 5.41) is 5.77. The lowest BCUT2D eigenvalue weighted by atomic mass is 9.92.